The molecule has 1 spiro atoms. The van der Waals surface area contributed by atoms with E-state index in [4.69, 9.17) is 0 Å². The maximum Gasteiger partial charge on any atom is 0.223 e. The van der Waals surface area contributed by atoms with Crippen LogP contribution in [0.15, 0.2) is 0 Å². The lowest BCUT2D eigenvalue weighted by molar-refractivity contribution is -0.139. The Hall–Kier alpha value is -0.570. The SMILES string of the molecule is CCC(=O)N1C(CNC(C)(C)C)CCCC12CC2. The van der Waals surface area contributed by atoms with Crippen molar-refractivity contribution in [2.75, 3.05) is 6.54 Å². The van der Waals surface area contributed by atoms with Gasteiger partial charge in [0.15, 0.2) is 0 Å². The van der Waals surface area contributed by atoms with E-state index in [1.807, 2.05) is 6.92 Å². The van der Waals surface area contributed by atoms with Gasteiger partial charge in [0.05, 0.1) is 0 Å². The van der Waals surface area contributed by atoms with Crippen LogP contribution in [0.25, 0.3) is 0 Å². The first-order valence-corrected chi connectivity index (χ1v) is 7.45. The fourth-order valence-electron chi connectivity index (χ4n) is 3.19. The molecule has 2 fully saturated rings. The number of amides is 1. The first-order chi connectivity index (χ1) is 8.38. The molecule has 0 bridgehead atoms. The van der Waals surface area contributed by atoms with E-state index in [0.717, 1.165) is 13.0 Å². The third kappa shape index (κ3) is 2.87. The van der Waals surface area contributed by atoms with Crippen LogP contribution in [0.1, 0.15) is 66.2 Å². The van der Waals surface area contributed by atoms with E-state index in [9.17, 15) is 4.79 Å². The molecule has 0 radical (unpaired) electrons. The van der Waals surface area contributed by atoms with Crippen molar-refractivity contribution < 1.29 is 4.79 Å². The molecule has 1 atom stereocenters. The summed E-state index contributed by atoms with van der Waals surface area (Å²) in [6, 6.07) is 0.410. The number of hydrogen-bond donors (Lipinski definition) is 1. The Balaban J connectivity index is 2.04. The van der Waals surface area contributed by atoms with Crippen molar-refractivity contribution in [1.82, 2.24) is 10.2 Å². The highest BCUT2D eigenvalue weighted by molar-refractivity contribution is 5.77. The topological polar surface area (TPSA) is 32.3 Å². The number of rotatable bonds is 3. The fraction of sp³-hybridized carbons (Fsp3) is 0.933. The fourth-order valence-corrected chi connectivity index (χ4v) is 3.19. The molecule has 0 aromatic carbocycles. The Labute approximate surface area is 111 Å². The van der Waals surface area contributed by atoms with Gasteiger partial charge in [-0.1, -0.05) is 6.92 Å². The number of likely N-dealkylation sites (tertiary alicyclic amines) is 1. The van der Waals surface area contributed by atoms with Crippen LogP contribution in [-0.2, 0) is 4.79 Å². The monoisotopic (exact) mass is 252 g/mol. The van der Waals surface area contributed by atoms with Crippen LogP contribution in [0, 0.1) is 0 Å². The second kappa shape index (κ2) is 4.84. The van der Waals surface area contributed by atoms with Crippen LogP contribution in [-0.4, -0.2) is 34.5 Å². The summed E-state index contributed by atoms with van der Waals surface area (Å²) in [6.07, 6.45) is 6.77. The van der Waals surface area contributed by atoms with E-state index in [1.54, 1.807) is 0 Å². The summed E-state index contributed by atoms with van der Waals surface area (Å²) in [4.78, 5) is 14.5. The molecule has 1 aliphatic carbocycles. The lowest BCUT2D eigenvalue weighted by Crippen LogP contribution is -2.56. The van der Waals surface area contributed by atoms with Gasteiger partial charge in [0.25, 0.3) is 0 Å². The van der Waals surface area contributed by atoms with E-state index in [0.29, 0.717) is 18.4 Å². The average molecular weight is 252 g/mol. The number of hydrogen-bond acceptors (Lipinski definition) is 2. The molecule has 0 aromatic heterocycles. The van der Waals surface area contributed by atoms with Crippen LogP contribution < -0.4 is 5.32 Å². The first-order valence-electron chi connectivity index (χ1n) is 7.45. The van der Waals surface area contributed by atoms with Gasteiger partial charge >= 0.3 is 0 Å². The Morgan fingerprint density at radius 1 is 1.33 bits per heavy atom. The molecule has 0 aromatic rings. The summed E-state index contributed by atoms with van der Waals surface area (Å²) in [5.41, 5.74) is 0.394. The van der Waals surface area contributed by atoms with E-state index in [1.165, 1.54) is 25.7 Å². The van der Waals surface area contributed by atoms with Gasteiger partial charge in [-0.25, -0.2) is 0 Å². The predicted octanol–water partition coefficient (Wildman–Crippen LogP) is 2.70. The third-order valence-corrected chi connectivity index (χ3v) is 4.32. The van der Waals surface area contributed by atoms with Crippen molar-refractivity contribution in [3.63, 3.8) is 0 Å². The van der Waals surface area contributed by atoms with Gasteiger partial charge in [0.1, 0.15) is 0 Å². The molecule has 1 heterocycles. The van der Waals surface area contributed by atoms with Crippen molar-refractivity contribution in [3.8, 4) is 0 Å². The quantitative estimate of drug-likeness (QED) is 0.837. The number of piperidine rings is 1. The van der Waals surface area contributed by atoms with E-state index in [2.05, 4.69) is 31.0 Å². The van der Waals surface area contributed by atoms with Crippen LogP contribution in [0.4, 0.5) is 0 Å². The Kier molecular flexibility index (Phi) is 3.72. The second-order valence-corrected chi connectivity index (χ2v) is 7.02. The zero-order chi connectivity index (χ0) is 13.4. The highest BCUT2D eigenvalue weighted by atomic mass is 16.2. The second-order valence-electron chi connectivity index (χ2n) is 7.02. The molecular formula is C15H28N2O. The lowest BCUT2D eigenvalue weighted by Gasteiger charge is -2.44. The van der Waals surface area contributed by atoms with Crippen molar-refractivity contribution in [3.05, 3.63) is 0 Å². The van der Waals surface area contributed by atoms with E-state index in [-0.39, 0.29) is 11.1 Å². The number of nitrogens with one attached hydrogen (secondary N) is 1. The highest BCUT2D eigenvalue weighted by Crippen LogP contribution is 2.50. The normalized spacial score (nSPS) is 26.4. The van der Waals surface area contributed by atoms with E-state index < -0.39 is 0 Å². The summed E-state index contributed by atoms with van der Waals surface area (Å²) in [5, 5.41) is 3.57. The highest BCUT2D eigenvalue weighted by Gasteiger charge is 2.53. The van der Waals surface area contributed by atoms with Crippen LogP contribution in [0.2, 0.25) is 0 Å². The Morgan fingerprint density at radius 2 is 2.00 bits per heavy atom. The summed E-state index contributed by atoms with van der Waals surface area (Å²) >= 11 is 0. The van der Waals surface area contributed by atoms with Crippen LogP contribution in [0.3, 0.4) is 0 Å². The molecule has 2 rings (SSSR count). The molecular weight excluding hydrogens is 224 g/mol. The van der Waals surface area contributed by atoms with Gasteiger partial charge in [0.2, 0.25) is 5.91 Å². The molecule has 104 valence electrons. The summed E-state index contributed by atoms with van der Waals surface area (Å²) < 4.78 is 0. The third-order valence-electron chi connectivity index (χ3n) is 4.32. The lowest BCUT2D eigenvalue weighted by atomic mass is 9.92. The maximum atomic E-state index is 12.3. The number of carbonyl (C=O) groups is 1. The first kappa shape index (κ1) is 13.9. The van der Waals surface area contributed by atoms with Crippen molar-refractivity contribution in [2.24, 2.45) is 0 Å². The predicted molar refractivity (Wildman–Crippen MR) is 74.5 cm³/mol. The molecule has 3 heteroatoms. The van der Waals surface area contributed by atoms with Gasteiger partial charge in [0, 0.05) is 30.1 Å². The molecule has 2 aliphatic rings. The summed E-state index contributed by atoms with van der Waals surface area (Å²) in [5.74, 6) is 0.355. The zero-order valence-electron chi connectivity index (χ0n) is 12.4. The largest absolute Gasteiger partial charge is 0.333 e. The molecule has 1 amide bonds. The minimum absolute atomic E-state index is 0.134. The standard InChI is InChI=1S/C15H28N2O/c1-5-13(18)17-12(11-16-14(2,3)4)7-6-8-15(17)9-10-15/h12,16H,5-11H2,1-4H3. The van der Waals surface area contributed by atoms with Gasteiger partial charge in [-0.3, -0.25) is 4.79 Å². The minimum atomic E-state index is 0.134. The Morgan fingerprint density at radius 3 is 2.50 bits per heavy atom. The molecule has 3 nitrogen and oxygen atoms in total. The van der Waals surface area contributed by atoms with Gasteiger partial charge in [-0.05, 0) is 52.9 Å². The van der Waals surface area contributed by atoms with Crippen molar-refractivity contribution in [1.29, 1.82) is 0 Å². The van der Waals surface area contributed by atoms with Crippen LogP contribution >= 0.6 is 0 Å². The Bertz CT molecular complexity index is 315. The zero-order valence-corrected chi connectivity index (χ0v) is 12.4. The van der Waals surface area contributed by atoms with Gasteiger partial charge in [-0.15, -0.1) is 0 Å². The van der Waals surface area contributed by atoms with E-state index >= 15 is 0 Å². The summed E-state index contributed by atoms with van der Waals surface area (Å²) in [6.45, 7) is 9.50. The van der Waals surface area contributed by atoms with Gasteiger partial charge < -0.3 is 10.2 Å². The van der Waals surface area contributed by atoms with Gasteiger partial charge in [-0.2, -0.15) is 0 Å². The number of nitrogens with zero attached hydrogens (tertiary/aromatic N) is 1. The molecule has 1 saturated carbocycles. The smallest absolute Gasteiger partial charge is 0.223 e. The summed E-state index contributed by atoms with van der Waals surface area (Å²) in [7, 11) is 0. The molecule has 1 N–H and O–H groups in total. The molecule has 1 unspecified atom stereocenters. The molecule has 1 saturated heterocycles. The minimum Gasteiger partial charge on any atom is -0.333 e. The van der Waals surface area contributed by atoms with Crippen molar-refractivity contribution >= 4 is 5.91 Å². The molecule has 18 heavy (non-hydrogen) atoms. The number of carbonyl (C=O) groups excluding carboxylic acids is 1. The molecule has 1 aliphatic heterocycles. The maximum absolute atomic E-state index is 12.3. The van der Waals surface area contributed by atoms with Crippen molar-refractivity contribution in [2.45, 2.75) is 83.3 Å². The average Bonchev–Trinajstić information content (AvgIpc) is 3.05. The van der Waals surface area contributed by atoms with Crippen LogP contribution in [0.5, 0.6) is 0 Å².